The molecule has 0 aliphatic rings. The van der Waals surface area contributed by atoms with Crippen LogP contribution in [0.25, 0.3) is 0 Å². The van der Waals surface area contributed by atoms with Crippen molar-refractivity contribution in [3.63, 3.8) is 0 Å². The fraction of sp³-hybridized carbons (Fsp3) is 0.350. The topological polar surface area (TPSA) is 73.3 Å². The predicted molar refractivity (Wildman–Crippen MR) is 108 cm³/mol. The number of aliphatic imine (C=N–C) groups is 1. The van der Waals surface area contributed by atoms with Gasteiger partial charge in [-0.15, -0.1) is 0 Å². The van der Waals surface area contributed by atoms with E-state index in [0.717, 1.165) is 29.2 Å². The highest BCUT2D eigenvalue weighted by molar-refractivity contribution is 5.93. The van der Waals surface area contributed by atoms with Crippen molar-refractivity contribution in [2.24, 2.45) is 4.99 Å². The Hall–Kier alpha value is -3.09. The van der Waals surface area contributed by atoms with Gasteiger partial charge >= 0.3 is 0 Å². The van der Waals surface area contributed by atoms with Crippen molar-refractivity contribution in [2.75, 3.05) is 47.3 Å². The van der Waals surface area contributed by atoms with Gasteiger partial charge in [-0.05, 0) is 36.2 Å². The molecule has 7 nitrogen and oxygen atoms in total. The van der Waals surface area contributed by atoms with Gasteiger partial charge in [0.05, 0.1) is 28.4 Å². The summed E-state index contributed by atoms with van der Waals surface area (Å²) in [6, 6.07) is 11.5. The van der Waals surface area contributed by atoms with Crippen molar-refractivity contribution in [1.82, 2.24) is 5.32 Å². The molecule has 7 heteroatoms. The van der Waals surface area contributed by atoms with Crippen molar-refractivity contribution in [1.29, 1.82) is 0 Å². The van der Waals surface area contributed by atoms with Gasteiger partial charge in [0.1, 0.15) is 0 Å². The van der Waals surface area contributed by atoms with E-state index in [2.05, 4.69) is 15.6 Å². The average Bonchev–Trinajstić information content (AvgIpc) is 2.72. The number of guanidine groups is 1. The first-order chi connectivity index (χ1) is 13.1. The second-order valence-electron chi connectivity index (χ2n) is 5.63. The number of benzene rings is 2. The van der Waals surface area contributed by atoms with Crippen LogP contribution in [0.4, 0.5) is 5.69 Å². The maximum atomic E-state index is 5.34. The van der Waals surface area contributed by atoms with Crippen LogP contribution in [0.2, 0.25) is 0 Å². The first-order valence-electron chi connectivity index (χ1n) is 8.55. The molecule has 2 aromatic rings. The predicted octanol–water partition coefficient (Wildman–Crippen LogP) is 2.95. The van der Waals surface area contributed by atoms with E-state index in [1.165, 1.54) is 0 Å². The van der Waals surface area contributed by atoms with E-state index < -0.39 is 0 Å². The normalized spacial score (nSPS) is 10.9. The van der Waals surface area contributed by atoms with Crippen molar-refractivity contribution in [3.8, 4) is 23.0 Å². The van der Waals surface area contributed by atoms with Gasteiger partial charge in [0, 0.05) is 25.3 Å². The smallest absolute Gasteiger partial charge is 0.195 e. The van der Waals surface area contributed by atoms with Gasteiger partial charge in [-0.3, -0.25) is 4.99 Å². The molecule has 27 heavy (non-hydrogen) atoms. The number of anilines is 1. The molecule has 0 aliphatic heterocycles. The molecule has 146 valence electrons. The van der Waals surface area contributed by atoms with Crippen LogP contribution < -0.4 is 29.6 Å². The molecule has 0 unspecified atom stereocenters. The maximum Gasteiger partial charge on any atom is 0.195 e. The van der Waals surface area contributed by atoms with E-state index in [0.29, 0.717) is 24.0 Å². The lowest BCUT2D eigenvalue weighted by atomic mass is 10.1. The average molecular weight is 373 g/mol. The van der Waals surface area contributed by atoms with Crippen molar-refractivity contribution >= 4 is 11.6 Å². The Bertz CT molecular complexity index is 778. The molecule has 0 heterocycles. The number of rotatable bonds is 8. The maximum absolute atomic E-state index is 5.34. The minimum atomic E-state index is 0.656. The standard InChI is InChI=1S/C20H27N3O4/c1-21-20(23-15-7-9-17(25-3)19(13-15)27-5)22-11-10-14-6-8-16(24-2)18(12-14)26-4/h6-9,12-13H,10-11H2,1-5H3,(H2,21,22,23). The molecule has 0 fully saturated rings. The summed E-state index contributed by atoms with van der Waals surface area (Å²) in [5.74, 6) is 3.45. The quantitative estimate of drug-likeness (QED) is 0.547. The molecule has 2 rings (SSSR count). The molecule has 0 aliphatic carbocycles. The zero-order valence-electron chi connectivity index (χ0n) is 16.5. The summed E-state index contributed by atoms with van der Waals surface area (Å²) in [5.41, 5.74) is 1.99. The summed E-state index contributed by atoms with van der Waals surface area (Å²) in [7, 11) is 8.21. The molecular formula is C20H27N3O4. The third-order valence-corrected chi connectivity index (χ3v) is 4.02. The second kappa shape index (κ2) is 10.2. The highest BCUT2D eigenvalue weighted by atomic mass is 16.5. The van der Waals surface area contributed by atoms with Gasteiger partial charge in [-0.1, -0.05) is 6.07 Å². The summed E-state index contributed by atoms with van der Waals surface area (Å²) in [4.78, 5) is 4.25. The zero-order valence-corrected chi connectivity index (χ0v) is 16.5. The number of hydrogen-bond acceptors (Lipinski definition) is 5. The van der Waals surface area contributed by atoms with Crippen LogP contribution in [0.15, 0.2) is 41.4 Å². The Morgan fingerprint density at radius 2 is 1.41 bits per heavy atom. The number of nitrogens with zero attached hydrogens (tertiary/aromatic N) is 1. The van der Waals surface area contributed by atoms with Crippen LogP contribution in [-0.4, -0.2) is 48.0 Å². The summed E-state index contributed by atoms with van der Waals surface area (Å²) in [6.07, 6.45) is 0.812. The van der Waals surface area contributed by atoms with Gasteiger partial charge in [0.15, 0.2) is 29.0 Å². The van der Waals surface area contributed by atoms with Crippen LogP contribution in [0.1, 0.15) is 5.56 Å². The summed E-state index contributed by atoms with van der Waals surface area (Å²) < 4.78 is 21.2. The molecular weight excluding hydrogens is 346 g/mol. The molecule has 0 spiro atoms. The lowest BCUT2D eigenvalue weighted by molar-refractivity contribution is 0.354. The third-order valence-electron chi connectivity index (χ3n) is 4.02. The van der Waals surface area contributed by atoms with E-state index >= 15 is 0 Å². The Morgan fingerprint density at radius 3 is 2.00 bits per heavy atom. The number of hydrogen-bond donors (Lipinski definition) is 2. The van der Waals surface area contributed by atoms with Crippen molar-refractivity contribution in [3.05, 3.63) is 42.0 Å². The summed E-state index contributed by atoms with van der Waals surface area (Å²) in [6.45, 7) is 0.711. The van der Waals surface area contributed by atoms with E-state index in [-0.39, 0.29) is 0 Å². The first-order valence-corrected chi connectivity index (χ1v) is 8.55. The molecule has 0 aromatic heterocycles. The first kappa shape index (κ1) is 20.2. The Kier molecular flexibility index (Phi) is 7.61. The minimum absolute atomic E-state index is 0.656. The SMILES string of the molecule is CN=C(NCCc1ccc(OC)c(OC)c1)Nc1ccc(OC)c(OC)c1. The highest BCUT2D eigenvalue weighted by Crippen LogP contribution is 2.30. The monoisotopic (exact) mass is 373 g/mol. The largest absolute Gasteiger partial charge is 0.493 e. The summed E-state index contributed by atoms with van der Waals surface area (Å²) >= 11 is 0. The van der Waals surface area contributed by atoms with Gasteiger partial charge in [0.25, 0.3) is 0 Å². The number of nitrogens with one attached hydrogen (secondary N) is 2. The van der Waals surface area contributed by atoms with Gasteiger partial charge in [-0.2, -0.15) is 0 Å². The zero-order chi connectivity index (χ0) is 19.6. The van der Waals surface area contributed by atoms with Crippen LogP contribution >= 0.6 is 0 Å². The molecule has 0 saturated heterocycles. The van der Waals surface area contributed by atoms with Crippen LogP contribution in [0.5, 0.6) is 23.0 Å². The molecule has 0 bridgehead atoms. The lowest BCUT2D eigenvalue weighted by Crippen LogP contribution is -2.32. The van der Waals surface area contributed by atoms with Crippen LogP contribution in [0.3, 0.4) is 0 Å². The molecule has 0 saturated carbocycles. The minimum Gasteiger partial charge on any atom is -0.493 e. The fourth-order valence-electron chi connectivity index (χ4n) is 2.59. The summed E-state index contributed by atoms with van der Waals surface area (Å²) in [5, 5.41) is 6.53. The third kappa shape index (κ3) is 5.44. The lowest BCUT2D eigenvalue weighted by Gasteiger charge is -2.14. The molecule has 0 radical (unpaired) electrons. The van der Waals surface area contributed by atoms with E-state index in [1.807, 2.05) is 36.4 Å². The molecule has 2 aromatic carbocycles. The van der Waals surface area contributed by atoms with Crippen LogP contribution in [0, 0.1) is 0 Å². The molecule has 0 amide bonds. The Morgan fingerprint density at radius 1 is 0.815 bits per heavy atom. The van der Waals surface area contributed by atoms with Crippen molar-refractivity contribution < 1.29 is 18.9 Å². The van der Waals surface area contributed by atoms with Gasteiger partial charge < -0.3 is 29.6 Å². The van der Waals surface area contributed by atoms with Crippen LogP contribution in [-0.2, 0) is 6.42 Å². The van der Waals surface area contributed by atoms with E-state index in [9.17, 15) is 0 Å². The number of methoxy groups -OCH3 is 4. The Balaban J connectivity index is 1.94. The molecule has 2 N–H and O–H groups in total. The van der Waals surface area contributed by atoms with Gasteiger partial charge in [0.2, 0.25) is 0 Å². The second-order valence-corrected chi connectivity index (χ2v) is 5.63. The van der Waals surface area contributed by atoms with Crippen molar-refractivity contribution in [2.45, 2.75) is 6.42 Å². The Labute approximate surface area is 160 Å². The van der Waals surface area contributed by atoms with E-state index in [4.69, 9.17) is 18.9 Å². The number of ether oxygens (including phenoxy) is 4. The molecule has 0 atom stereocenters. The highest BCUT2D eigenvalue weighted by Gasteiger charge is 2.07. The van der Waals surface area contributed by atoms with Gasteiger partial charge in [-0.25, -0.2) is 0 Å². The fourth-order valence-corrected chi connectivity index (χ4v) is 2.59. The van der Waals surface area contributed by atoms with E-state index in [1.54, 1.807) is 35.5 Å².